The maximum absolute atomic E-state index is 14.3. The van der Waals surface area contributed by atoms with Gasteiger partial charge < -0.3 is 20.5 Å². The second kappa shape index (κ2) is 8.47. The van der Waals surface area contributed by atoms with Crippen LogP contribution in [0.15, 0.2) is 12.1 Å². The van der Waals surface area contributed by atoms with Crippen molar-refractivity contribution in [1.82, 2.24) is 5.32 Å². The van der Waals surface area contributed by atoms with Gasteiger partial charge in [-0.25, -0.2) is 13.6 Å². The van der Waals surface area contributed by atoms with Gasteiger partial charge >= 0.3 is 5.97 Å². The Hall–Kier alpha value is -1.38. The molecule has 1 aliphatic rings. The van der Waals surface area contributed by atoms with Crippen molar-refractivity contribution in [2.75, 3.05) is 37.8 Å². The number of nitrogens with one attached hydrogen (secondary N) is 2. The SMILES string of the molecule is COC(=O)C(O)CNc1cc(F)c(C2CNCCCS2)c(F)c1. The van der Waals surface area contributed by atoms with Gasteiger partial charge in [0.05, 0.1) is 13.7 Å². The van der Waals surface area contributed by atoms with Gasteiger partial charge in [0.15, 0.2) is 6.10 Å². The van der Waals surface area contributed by atoms with Crippen LogP contribution in [0.1, 0.15) is 17.2 Å². The van der Waals surface area contributed by atoms with E-state index in [2.05, 4.69) is 15.4 Å². The molecule has 8 heteroatoms. The zero-order chi connectivity index (χ0) is 16.8. The van der Waals surface area contributed by atoms with E-state index in [0.717, 1.165) is 25.8 Å². The first-order valence-electron chi connectivity index (χ1n) is 7.34. The summed E-state index contributed by atoms with van der Waals surface area (Å²) < 4.78 is 33.0. The lowest BCUT2D eigenvalue weighted by atomic mass is 10.1. The molecule has 0 aromatic heterocycles. The largest absolute Gasteiger partial charge is 0.467 e. The molecule has 0 bridgehead atoms. The summed E-state index contributed by atoms with van der Waals surface area (Å²) in [7, 11) is 1.15. The highest BCUT2D eigenvalue weighted by Crippen LogP contribution is 2.34. The Balaban J connectivity index is 2.08. The van der Waals surface area contributed by atoms with Crippen LogP contribution in [-0.2, 0) is 9.53 Å². The topological polar surface area (TPSA) is 70.6 Å². The van der Waals surface area contributed by atoms with Crippen LogP contribution in [0.5, 0.6) is 0 Å². The fourth-order valence-corrected chi connectivity index (χ4v) is 3.55. The molecular formula is C15H20F2N2O3S. The number of aliphatic hydroxyl groups excluding tert-OH is 1. The summed E-state index contributed by atoms with van der Waals surface area (Å²) in [6.45, 7) is 1.18. The van der Waals surface area contributed by atoms with Crippen molar-refractivity contribution >= 4 is 23.4 Å². The Kier molecular flexibility index (Phi) is 6.61. The number of hydrogen-bond donors (Lipinski definition) is 3. The lowest BCUT2D eigenvalue weighted by Crippen LogP contribution is -2.29. The van der Waals surface area contributed by atoms with Crippen LogP contribution in [0.3, 0.4) is 0 Å². The molecule has 128 valence electrons. The number of ether oxygens (including phenoxy) is 1. The van der Waals surface area contributed by atoms with Crippen molar-refractivity contribution in [3.8, 4) is 0 Å². The summed E-state index contributed by atoms with van der Waals surface area (Å²) in [5, 5.41) is 15.0. The van der Waals surface area contributed by atoms with E-state index in [1.54, 1.807) is 0 Å². The molecule has 0 aliphatic carbocycles. The van der Waals surface area contributed by atoms with Crippen LogP contribution < -0.4 is 10.6 Å². The summed E-state index contributed by atoms with van der Waals surface area (Å²) in [4.78, 5) is 11.1. The average Bonchev–Trinajstić information content (AvgIpc) is 2.80. The molecule has 1 aliphatic heterocycles. The van der Waals surface area contributed by atoms with E-state index in [1.807, 2.05) is 0 Å². The molecule has 1 aromatic rings. The quantitative estimate of drug-likeness (QED) is 0.705. The maximum atomic E-state index is 14.3. The number of benzene rings is 1. The van der Waals surface area contributed by atoms with Gasteiger partial charge in [0.1, 0.15) is 11.6 Å². The molecule has 1 heterocycles. The predicted molar refractivity (Wildman–Crippen MR) is 85.6 cm³/mol. The molecule has 0 spiro atoms. The highest BCUT2D eigenvalue weighted by molar-refractivity contribution is 7.99. The van der Waals surface area contributed by atoms with Gasteiger partial charge in [-0.3, -0.25) is 0 Å². The zero-order valence-corrected chi connectivity index (χ0v) is 13.6. The number of aliphatic hydroxyl groups is 1. The zero-order valence-electron chi connectivity index (χ0n) is 12.8. The summed E-state index contributed by atoms with van der Waals surface area (Å²) in [5.41, 5.74) is 0.224. The normalized spacial score (nSPS) is 19.7. The number of carbonyl (C=O) groups is 1. The second-order valence-corrected chi connectivity index (χ2v) is 6.50. The Labute approximate surface area is 137 Å². The third-order valence-electron chi connectivity index (χ3n) is 3.52. The number of thioether (sulfide) groups is 1. The lowest BCUT2D eigenvalue weighted by molar-refractivity contribution is -0.149. The van der Waals surface area contributed by atoms with Crippen LogP contribution in [0.4, 0.5) is 14.5 Å². The Morgan fingerprint density at radius 2 is 2.22 bits per heavy atom. The van der Waals surface area contributed by atoms with Gasteiger partial charge in [0, 0.05) is 23.0 Å². The van der Waals surface area contributed by atoms with Gasteiger partial charge in [-0.1, -0.05) is 0 Å². The molecular weight excluding hydrogens is 326 g/mol. The molecule has 2 rings (SSSR count). The third-order valence-corrected chi connectivity index (χ3v) is 4.85. The standard InChI is InChI=1S/C15H20F2N2O3S/c1-22-15(21)12(20)7-19-9-5-10(16)14(11(17)6-9)13-8-18-3-2-4-23-13/h5-6,12-13,18-20H,2-4,7-8H2,1H3. The van der Waals surface area contributed by atoms with Crippen LogP contribution in [-0.4, -0.2) is 49.7 Å². The molecule has 3 N–H and O–H groups in total. The molecule has 23 heavy (non-hydrogen) atoms. The number of anilines is 1. The highest BCUT2D eigenvalue weighted by Gasteiger charge is 2.23. The van der Waals surface area contributed by atoms with E-state index < -0.39 is 23.7 Å². The number of halogens is 2. The van der Waals surface area contributed by atoms with E-state index in [-0.39, 0.29) is 23.0 Å². The minimum Gasteiger partial charge on any atom is -0.467 e. The van der Waals surface area contributed by atoms with Crippen LogP contribution in [0.2, 0.25) is 0 Å². The van der Waals surface area contributed by atoms with Crippen molar-refractivity contribution in [3.05, 3.63) is 29.3 Å². The van der Waals surface area contributed by atoms with Crippen molar-refractivity contribution < 1.29 is 23.4 Å². The predicted octanol–water partition coefficient (Wildman–Crippen LogP) is 1.68. The molecule has 2 atom stereocenters. The Bertz CT molecular complexity index is 529. The van der Waals surface area contributed by atoms with Gasteiger partial charge in [-0.05, 0) is 30.9 Å². The molecule has 5 nitrogen and oxygen atoms in total. The van der Waals surface area contributed by atoms with Crippen LogP contribution >= 0.6 is 11.8 Å². The molecule has 0 radical (unpaired) electrons. The summed E-state index contributed by atoms with van der Waals surface area (Å²) in [5.74, 6) is -1.24. The Morgan fingerprint density at radius 1 is 1.52 bits per heavy atom. The fraction of sp³-hybridized carbons (Fsp3) is 0.533. The molecule has 1 saturated heterocycles. The van der Waals surface area contributed by atoms with E-state index in [9.17, 15) is 18.7 Å². The van der Waals surface area contributed by atoms with Crippen molar-refractivity contribution in [1.29, 1.82) is 0 Å². The first-order chi connectivity index (χ1) is 11.0. The third kappa shape index (κ3) is 4.79. The minimum absolute atomic E-state index is 0.0588. The van der Waals surface area contributed by atoms with E-state index >= 15 is 0 Å². The van der Waals surface area contributed by atoms with Crippen LogP contribution in [0, 0.1) is 11.6 Å². The average molecular weight is 346 g/mol. The smallest absolute Gasteiger partial charge is 0.336 e. The van der Waals surface area contributed by atoms with E-state index in [0.29, 0.717) is 6.54 Å². The summed E-state index contributed by atoms with van der Waals surface area (Å²) in [6.07, 6.45) is -0.428. The van der Waals surface area contributed by atoms with Crippen LogP contribution in [0.25, 0.3) is 0 Å². The monoisotopic (exact) mass is 346 g/mol. The van der Waals surface area contributed by atoms with Gasteiger partial charge in [0.25, 0.3) is 0 Å². The van der Waals surface area contributed by atoms with Gasteiger partial charge in [-0.2, -0.15) is 11.8 Å². The summed E-state index contributed by atoms with van der Waals surface area (Å²) in [6, 6.07) is 2.35. The van der Waals surface area contributed by atoms with Crippen molar-refractivity contribution in [2.24, 2.45) is 0 Å². The van der Waals surface area contributed by atoms with E-state index in [4.69, 9.17) is 0 Å². The number of rotatable bonds is 5. The van der Waals surface area contributed by atoms with Crippen molar-refractivity contribution in [3.63, 3.8) is 0 Å². The molecule has 1 aromatic carbocycles. The molecule has 0 amide bonds. The minimum atomic E-state index is -1.40. The molecule has 0 saturated carbocycles. The molecule has 2 unspecified atom stereocenters. The van der Waals surface area contributed by atoms with Crippen molar-refractivity contribution in [2.45, 2.75) is 17.8 Å². The fourth-order valence-electron chi connectivity index (χ4n) is 2.33. The number of hydrogen-bond acceptors (Lipinski definition) is 6. The first kappa shape index (κ1) is 18.0. The number of esters is 1. The first-order valence-corrected chi connectivity index (χ1v) is 8.38. The number of carbonyl (C=O) groups excluding carboxylic acids is 1. The summed E-state index contributed by atoms with van der Waals surface area (Å²) >= 11 is 1.53. The number of methoxy groups -OCH3 is 1. The second-order valence-electron chi connectivity index (χ2n) is 5.19. The maximum Gasteiger partial charge on any atom is 0.336 e. The van der Waals surface area contributed by atoms with Gasteiger partial charge in [0.2, 0.25) is 0 Å². The molecule has 1 fully saturated rings. The Morgan fingerprint density at radius 3 is 2.87 bits per heavy atom. The van der Waals surface area contributed by atoms with Gasteiger partial charge in [-0.15, -0.1) is 0 Å². The van der Waals surface area contributed by atoms with E-state index in [1.165, 1.54) is 23.9 Å². The lowest BCUT2D eigenvalue weighted by Gasteiger charge is -2.18. The highest BCUT2D eigenvalue weighted by atomic mass is 32.2.